The number of para-hydroxylation sites is 1. The molecule has 3 aromatic carbocycles. The lowest BCUT2D eigenvalue weighted by atomic mass is 10.3. The molecule has 0 aromatic heterocycles. The van der Waals surface area contributed by atoms with Crippen molar-refractivity contribution >= 4 is 38.7 Å². The van der Waals surface area contributed by atoms with Gasteiger partial charge in [-0.25, -0.2) is 8.42 Å². The number of nitrogens with zero attached hydrogens (tertiary/aromatic N) is 2. The molecule has 0 atom stereocenters. The van der Waals surface area contributed by atoms with E-state index in [1.807, 2.05) is 30.3 Å². The quantitative estimate of drug-likeness (QED) is 0.596. The predicted molar refractivity (Wildman–Crippen MR) is 99.3 cm³/mol. The Balaban J connectivity index is 1.88. The minimum Gasteiger partial charge on any atom is -0.277 e. The van der Waals surface area contributed by atoms with E-state index in [0.717, 1.165) is 0 Å². The molecule has 0 aliphatic heterocycles. The second-order valence-corrected chi connectivity index (χ2v) is 7.23. The molecule has 7 heteroatoms. The van der Waals surface area contributed by atoms with Gasteiger partial charge in [0.25, 0.3) is 10.0 Å². The largest absolute Gasteiger partial charge is 0.277 e. The zero-order valence-corrected chi connectivity index (χ0v) is 14.6. The molecule has 0 spiro atoms. The molecule has 126 valence electrons. The standard InChI is InChI=1S/C18H14ClN3O2S/c19-14-10-12-16(13-11-14)25(23,24)22-18-9-5-4-8-17(18)21-20-15-6-2-1-3-7-15/h1-13,22H. The van der Waals surface area contributed by atoms with Crippen LogP contribution in [0.1, 0.15) is 0 Å². The molecular weight excluding hydrogens is 358 g/mol. The number of anilines is 1. The number of azo groups is 1. The Hall–Kier alpha value is -2.70. The van der Waals surface area contributed by atoms with Crippen molar-refractivity contribution in [3.8, 4) is 0 Å². The van der Waals surface area contributed by atoms with Crippen molar-refractivity contribution in [2.45, 2.75) is 4.90 Å². The summed E-state index contributed by atoms with van der Waals surface area (Å²) in [4.78, 5) is 0.117. The zero-order chi connectivity index (χ0) is 17.7. The Morgan fingerprint density at radius 1 is 0.760 bits per heavy atom. The van der Waals surface area contributed by atoms with Crippen LogP contribution in [-0.2, 0) is 10.0 Å². The molecule has 5 nitrogen and oxygen atoms in total. The summed E-state index contributed by atoms with van der Waals surface area (Å²) < 4.78 is 27.6. The molecule has 1 N–H and O–H groups in total. The maximum Gasteiger partial charge on any atom is 0.261 e. The first-order valence-corrected chi connectivity index (χ1v) is 9.25. The van der Waals surface area contributed by atoms with Crippen molar-refractivity contribution in [3.05, 3.63) is 83.9 Å². The fraction of sp³-hybridized carbons (Fsp3) is 0. The van der Waals surface area contributed by atoms with Crippen molar-refractivity contribution < 1.29 is 8.42 Å². The fourth-order valence-corrected chi connectivity index (χ4v) is 3.27. The van der Waals surface area contributed by atoms with Gasteiger partial charge >= 0.3 is 0 Å². The van der Waals surface area contributed by atoms with Crippen molar-refractivity contribution in [2.24, 2.45) is 10.2 Å². The second-order valence-electron chi connectivity index (χ2n) is 5.11. The molecule has 0 aliphatic rings. The minimum atomic E-state index is -3.75. The van der Waals surface area contributed by atoms with Crippen LogP contribution in [0.5, 0.6) is 0 Å². The van der Waals surface area contributed by atoms with Gasteiger partial charge in [0, 0.05) is 5.02 Å². The van der Waals surface area contributed by atoms with Crippen LogP contribution in [0.4, 0.5) is 17.1 Å². The van der Waals surface area contributed by atoms with Gasteiger partial charge in [-0.3, -0.25) is 4.72 Å². The summed E-state index contributed by atoms with van der Waals surface area (Å²) in [7, 11) is -3.75. The van der Waals surface area contributed by atoms with E-state index >= 15 is 0 Å². The van der Waals surface area contributed by atoms with E-state index in [-0.39, 0.29) is 4.90 Å². The van der Waals surface area contributed by atoms with Crippen LogP contribution < -0.4 is 4.72 Å². The highest BCUT2D eigenvalue weighted by molar-refractivity contribution is 7.92. The molecule has 25 heavy (non-hydrogen) atoms. The molecule has 3 aromatic rings. The summed E-state index contributed by atoms with van der Waals surface area (Å²) in [6.45, 7) is 0. The summed E-state index contributed by atoms with van der Waals surface area (Å²) in [5.41, 5.74) is 1.44. The normalized spacial score (nSPS) is 11.6. The molecule has 0 bridgehead atoms. The van der Waals surface area contributed by atoms with Gasteiger partial charge in [-0.15, -0.1) is 5.11 Å². The van der Waals surface area contributed by atoms with Gasteiger partial charge in [-0.05, 0) is 48.5 Å². The highest BCUT2D eigenvalue weighted by atomic mass is 35.5. The van der Waals surface area contributed by atoms with Crippen molar-refractivity contribution in [2.75, 3.05) is 4.72 Å². The first kappa shape index (κ1) is 17.1. The average Bonchev–Trinajstić information content (AvgIpc) is 2.62. The van der Waals surface area contributed by atoms with Crippen molar-refractivity contribution in [1.29, 1.82) is 0 Å². The van der Waals surface area contributed by atoms with Gasteiger partial charge in [0.2, 0.25) is 0 Å². The molecule has 3 rings (SSSR count). The van der Waals surface area contributed by atoms with E-state index in [9.17, 15) is 8.42 Å². The smallest absolute Gasteiger partial charge is 0.261 e. The third-order valence-corrected chi connectivity index (χ3v) is 4.94. The minimum absolute atomic E-state index is 0.117. The van der Waals surface area contributed by atoms with Gasteiger partial charge in [-0.1, -0.05) is 41.9 Å². The third-order valence-electron chi connectivity index (χ3n) is 3.30. The van der Waals surface area contributed by atoms with Crippen molar-refractivity contribution in [1.82, 2.24) is 0 Å². The van der Waals surface area contributed by atoms with E-state index in [2.05, 4.69) is 15.0 Å². The summed E-state index contributed by atoms with van der Waals surface area (Å²) >= 11 is 5.80. The highest BCUT2D eigenvalue weighted by Crippen LogP contribution is 2.29. The number of halogens is 1. The summed E-state index contributed by atoms with van der Waals surface area (Å²) in [5.74, 6) is 0. The van der Waals surface area contributed by atoms with Crippen LogP contribution in [0.25, 0.3) is 0 Å². The Labute approximate surface area is 151 Å². The number of benzene rings is 3. The molecule has 0 amide bonds. The van der Waals surface area contributed by atoms with Gasteiger partial charge in [0.1, 0.15) is 5.69 Å². The molecule has 0 saturated heterocycles. The zero-order valence-electron chi connectivity index (χ0n) is 13.0. The first-order chi connectivity index (χ1) is 12.0. The van der Waals surface area contributed by atoms with E-state index in [0.29, 0.717) is 22.1 Å². The van der Waals surface area contributed by atoms with Crippen LogP contribution in [0.2, 0.25) is 5.02 Å². The lowest BCUT2D eigenvalue weighted by Gasteiger charge is -2.09. The number of rotatable bonds is 5. The number of hydrogen-bond acceptors (Lipinski definition) is 4. The number of hydrogen-bond donors (Lipinski definition) is 1. The Kier molecular flexibility index (Phi) is 5.11. The van der Waals surface area contributed by atoms with Crippen LogP contribution >= 0.6 is 11.6 Å². The molecule has 0 unspecified atom stereocenters. The molecule has 0 aliphatic carbocycles. The summed E-state index contributed by atoms with van der Waals surface area (Å²) in [5, 5.41) is 8.74. The summed E-state index contributed by atoms with van der Waals surface area (Å²) in [6.07, 6.45) is 0. The van der Waals surface area contributed by atoms with E-state index in [4.69, 9.17) is 11.6 Å². The highest BCUT2D eigenvalue weighted by Gasteiger charge is 2.15. The SMILES string of the molecule is O=S(=O)(Nc1ccccc1N=Nc1ccccc1)c1ccc(Cl)cc1. The van der Waals surface area contributed by atoms with Gasteiger partial charge in [0.05, 0.1) is 16.3 Å². The van der Waals surface area contributed by atoms with Gasteiger partial charge in [-0.2, -0.15) is 5.11 Å². The number of nitrogens with one attached hydrogen (secondary N) is 1. The van der Waals surface area contributed by atoms with Crippen LogP contribution in [-0.4, -0.2) is 8.42 Å². The Morgan fingerprint density at radius 2 is 1.40 bits per heavy atom. The van der Waals surface area contributed by atoms with Crippen LogP contribution in [0, 0.1) is 0 Å². The maximum absolute atomic E-state index is 12.5. The van der Waals surface area contributed by atoms with Gasteiger partial charge in [0.15, 0.2) is 0 Å². The fourth-order valence-electron chi connectivity index (χ4n) is 2.07. The van der Waals surface area contributed by atoms with Crippen LogP contribution in [0.15, 0.2) is 94.0 Å². The summed E-state index contributed by atoms with van der Waals surface area (Å²) in [6, 6.07) is 21.9. The molecule has 0 radical (unpaired) electrons. The lowest BCUT2D eigenvalue weighted by molar-refractivity contribution is 0.601. The van der Waals surface area contributed by atoms with E-state index in [1.165, 1.54) is 24.3 Å². The monoisotopic (exact) mass is 371 g/mol. The van der Waals surface area contributed by atoms with E-state index < -0.39 is 10.0 Å². The molecular formula is C18H14ClN3O2S. The lowest BCUT2D eigenvalue weighted by Crippen LogP contribution is -2.12. The molecule has 0 heterocycles. The first-order valence-electron chi connectivity index (χ1n) is 7.39. The Morgan fingerprint density at radius 3 is 2.12 bits per heavy atom. The Bertz CT molecular complexity index is 988. The van der Waals surface area contributed by atoms with Crippen molar-refractivity contribution in [3.63, 3.8) is 0 Å². The molecule has 0 fully saturated rings. The van der Waals surface area contributed by atoms with E-state index in [1.54, 1.807) is 24.3 Å². The number of sulfonamides is 1. The molecule has 0 saturated carbocycles. The maximum atomic E-state index is 12.5. The topological polar surface area (TPSA) is 70.9 Å². The third kappa shape index (κ3) is 4.43. The second kappa shape index (κ2) is 7.46. The van der Waals surface area contributed by atoms with Crippen LogP contribution in [0.3, 0.4) is 0 Å². The van der Waals surface area contributed by atoms with Gasteiger partial charge < -0.3 is 0 Å². The predicted octanol–water partition coefficient (Wildman–Crippen LogP) is 5.56. The average molecular weight is 372 g/mol.